The van der Waals surface area contributed by atoms with Gasteiger partial charge in [0.1, 0.15) is 5.82 Å². The Bertz CT molecular complexity index is 1290. The smallest absolute Gasteiger partial charge is 0.112 e. The van der Waals surface area contributed by atoms with Crippen LogP contribution in [0.4, 0.5) is 0 Å². The highest BCUT2D eigenvalue weighted by molar-refractivity contribution is 6.02. The lowest BCUT2D eigenvalue weighted by molar-refractivity contribution is 0.657. The van der Waals surface area contributed by atoms with Gasteiger partial charge in [-0.2, -0.15) is 0 Å². The molecule has 1 unspecified atom stereocenters. The van der Waals surface area contributed by atoms with Gasteiger partial charge in [0.05, 0.1) is 22.1 Å². The maximum atomic E-state index is 4.99. The third kappa shape index (κ3) is 2.65. The van der Waals surface area contributed by atoms with Crippen LogP contribution in [0, 0.1) is 0 Å². The van der Waals surface area contributed by atoms with E-state index in [2.05, 4.69) is 66.0 Å². The number of pyridine rings is 2. The van der Waals surface area contributed by atoms with E-state index < -0.39 is 0 Å². The van der Waals surface area contributed by atoms with E-state index in [1.165, 1.54) is 5.39 Å². The Hall–Kier alpha value is -3.27. The number of nitrogens with zero attached hydrogens (tertiary/aromatic N) is 4. The zero-order valence-electron chi connectivity index (χ0n) is 15.4. The Labute approximate surface area is 157 Å². The normalized spacial score (nSPS) is 12.8. The van der Waals surface area contributed by atoms with Gasteiger partial charge in [0.25, 0.3) is 0 Å². The SMILES string of the molecule is CC(Cc1ccc2ccccc2n1)c1nc2c3cccnc3ccc2n1C. The Kier molecular flexibility index (Phi) is 3.64. The van der Waals surface area contributed by atoms with Gasteiger partial charge in [-0.3, -0.25) is 9.97 Å². The van der Waals surface area contributed by atoms with Gasteiger partial charge in [0, 0.05) is 35.6 Å². The first kappa shape index (κ1) is 15.9. The molecule has 0 N–H and O–H groups in total. The summed E-state index contributed by atoms with van der Waals surface area (Å²) in [7, 11) is 2.09. The molecule has 1 atom stereocenters. The monoisotopic (exact) mass is 352 g/mol. The zero-order chi connectivity index (χ0) is 18.4. The van der Waals surface area contributed by atoms with Gasteiger partial charge < -0.3 is 4.57 Å². The zero-order valence-corrected chi connectivity index (χ0v) is 15.4. The van der Waals surface area contributed by atoms with Crippen LogP contribution in [0.5, 0.6) is 0 Å². The summed E-state index contributed by atoms with van der Waals surface area (Å²) in [5.41, 5.74) is 5.29. The van der Waals surface area contributed by atoms with Crippen molar-refractivity contribution in [1.29, 1.82) is 0 Å². The second-order valence-electron chi connectivity index (χ2n) is 7.13. The molecule has 0 amide bonds. The number of para-hydroxylation sites is 1. The third-order valence-electron chi connectivity index (χ3n) is 5.28. The van der Waals surface area contributed by atoms with Crippen LogP contribution in [0.2, 0.25) is 0 Å². The number of fused-ring (bicyclic) bond motifs is 4. The van der Waals surface area contributed by atoms with Gasteiger partial charge in [-0.1, -0.05) is 31.2 Å². The summed E-state index contributed by atoms with van der Waals surface area (Å²) in [5, 5.41) is 2.28. The summed E-state index contributed by atoms with van der Waals surface area (Å²) < 4.78 is 2.20. The second-order valence-corrected chi connectivity index (χ2v) is 7.13. The van der Waals surface area contributed by atoms with Crippen molar-refractivity contribution in [1.82, 2.24) is 19.5 Å². The second kappa shape index (κ2) is 6.16. The molecular weight excluding hydrogens is 332 g/mol. The van der Waals surface area contributed by atoms with Gasteiger partial charge in [-0.25, -0.2) is 4.98 Å². The molecule has 4 nitrogen and oxygen atoms in total. The van der Waals surface area contributed by atoms with Crippen molar-refractivity contribution < 1.29 is 0 Å². The van der Waals surface area contributed by atoms with E-state index in [-0.39, 0.29) is 5.92 Å². The molecule has 2 aromatic carbocycles. The molecule has 5 aromatic rings. The van der Waals surface area contributed by atoms with Gasteiger partial charge in [0.15, 0.2) is 0 Å². The number of hydrogen-bond donors (Lipinski definition) is 0. The minimum Gasteiger partial charge on any atom is -0.331 e. The first-order valence-corrected chi connectivity index (χ1v) is 9.25. The van der Waals surface area contributed by atoms with Crippen LogP contribution < -0.4 is 0 Å². The highest BCUT2D eigenvalue weighted by atomic mass is 15.1. The van der Waals surface area contributed by atoms with Crippen LogP contribution in [0.1, 0.15) is 24.4 Å². The molecule has 0 aliphatic carbocycles. The lowest BCUT2D eigenvalue weighted by atomic mass is 10.0. The van der Waals surface area contributed by atoms with Crippen molar-refractivity contribution in [2.45, 2.75) is 19.3 Å². The molecule has 0 bridgehead atoms. The summed E-state index contributed by atoms with van der Waals surface area (Å²) in [6.07, 6.45) is 2.68. The fraction of sp³-hybridized carbons (Fsp3) is 0.174. The van der Waals surface area contributed by atoms with Crippen LogP contribution >= 0.6 is 0 Å². The molecule has 0 spiro atoms. The Balaban J connectivity index is 1.55. The summed E-state index contributed by atoms with van der Waals surface area (Å²) in [6.45, 7) is 2.22. The molecule has 27 heavy (non-hydrogen) atoms. The molecule has 0 aliphatic rings. The van der Waals surface area contributed by atoms with Crippen molar-refractivity contribution in [3.05, 3.63) is 78.4 Å². The van der Waals surface area contributed by atoms with Crippen molar-refractivity contribution in [2.75, 3.05) is 0 Å². The minimum atomic E-state index is 0.266. The molecule has 4 heteroatoms. The number of aryl methyl sites for hydroxylation is 1. The molecule has 0 saturated carbocycles. The number of rotatable bonds is 3. The van der Waals surface area contributed by atoms with Crippen LogP contribution in [-0.2, 0) is 13.5 Å². The summed E-state index contributed by atoms with van der Waals surface area (Å²) in [5.74, 6) is 1.35. The molecule has 0 saturated heterocycles. The first-order chi connectivity index (χ1) is 13.2. The molecule has 3 aromatic heterocycles. The van der Waals surface area contributed by atoms with Crippen LogP contribution in [-0.4, -0.2) is 19.5 Å². The highest BCUT2D eigenvalue weighted by Crippen LogP contribution is 2.28. The number of aromatic nitrogens is 4. The standard InChI is InChI=1S/C23H20N4/c1-15(14-17-10-9-16-6-3-4-8-19(16)25-17)23-26-22-18-7-5-13-24-20(18)11-12-21(22)27(23)2/h3-13,15H,14H2,1-2H3. The molecule has 3 heterocycles. The molecule has 0 fully saturated rings. The maximum Gasteiger partial charge on any atom is 0.112 e. The molecule has 0 aliphatic heterocycles. The largest absolute Gasteiger partial charge is 0.331 e. The summed E-state index contributed by atoms with van der Waals surface area (Å²) in [4.78, 5) is 14.3. The Morgan fingerprint density at radius 3 is 2.70 bits per heavy atom. The Morgan fingerprint density at radius 2 is 1.78 bits per heavy atom. The Morgan fingerprint density at radius 1 is 0.889 bits per heavy atom. The molecule has 0 radical (unpaired) electrons. The van der Waals surface area contributed by atoms with E-state index in [9.17, 15) is 0 Å². The predicted octanol–water partition coefficient (Wildman–Crippen LogP) is 5.02. The average Bonchev–Trinajstić information content (AvgIpc) is 3.05. The van der Waals surface area contributed by atoms with E-state index in [1.807, 2.05) is 24.4 Å². The van der Waals surface area contributed by atoms with Crippen molar-refractivity contribution in [3.8, 4) is 0 Å². The number of hydrogen-bond acceptors (Lipinski definition) is 3. The topological polar surface area (TPSA) is 43.6 Å². The molecular formula is C23H20N4. The number of imidazole rings is 1. The third-order valence-corrected chi connectivity index (χ3v) is 5.28. The van der Waals surface area contributed by atoms with Gasteiger partial charge in [-0.05, 0) is 42.8 Å². The lowest BCUT2D eigenvalue weighted by Gasteiger charge is -2.11. The quantitative estimate of drug-likeness (QED) is 0.458. The van der Waals surface area contributed by atoms with Crippen molar-refractivity contribution in [3.63, 3.8) is 0 Å². The van der Waals surface area contributed by atoms with E-state index >= 15 is 0 Å². The molecule has 5 rings (SSSR count). The highest BCUT2D eigenvalue weighted by Gasteiger charge is 2.17. The van der Waals surface area contributed by atoms with Crippen LogP contribution in [0.15, 0.2) is 66.9 Å². The minimum absolute atomic E-state index is 0.266. The lowest BCUT2D eigenvalue weighted by Crippen LogP contribution is -2.07. The van der Waals surface area contributed by atoms with Crippen molar-refractivity contribution >= 4 is 32.8 Å². The molecule has 132 valence electrons. The summed E-state index contributed by atoms with van der Waals surface area (Å²) in [6, 6.07) is 20.8. The van der Waals surface area contributed by atoms with Gasteiger partial charge >= 0.3 is 0 Å². The fourth-order valence-electron chi connectivity index (χ4n) is 3.89. The van der Waals surface area contributed by atoms with Crippen molar-refractivity contribution in [2.24, 2.45) is 7.05 Å². The van der Waals surface area contributed by atoms with E-state index in [0.29, 0.717) is 0 Å². The fourth-order valence-corrected chi connectivity index (χ4v) is 3.89. The van der Waals surface area contributed by atoms with E-state index in [4.69, 9.17) is 9.97 Å². The maximum absolute atomic E-state index is 4.99. The van der Waals surface area contributed by atoms with E-state index in [1.54, 1.807) is 0 Å². The van der Waals surface area contributed by atoms with Crippen LogP contribution in [0.3, 0.4) is 0 Å². The summed E-state index contributed by atoms with van der Waals surface area (Å²) >= 11 is 0. The average molecular weight is 352 g/mol. The van der Waals surface area contributed by atoms with E-state index in [0.717, 1.165) is 45.4 Å². The predicted molar refractivity (Wildman–Crippen MR) is 110 cm³/mol. The van der Waals surface area contributed by atoms with Crippen LogP contribution in [0.25, 0.3) is 32.8 Å². The van der Waals surface area contributed by atoms with Gasteiger partial charge in [0.2, 0.25) is 0 Å². The number of benzene rings is 2. The first-order valence-electron chi connectivity index (χ1n) is 9.25. The van der Waals surface area contributed by atoms with Gasteiger partial charge in [-0.15, -0.1) is 0 Å².